The molecule has 0 unspecified atom stereocenters. The van der Waals surface area contributed by atoms with E-state index in [-0.39, 0.29) is 18.1 Å². The topological polar surface area (TPSA) is 124 Å². The van der Waals surface area contributed by atoms with Crippen molar-refractivity contribution in [2.45, 2.75) is 19.9 Å². The molecule has 0 atom stereocenters. The SMILES string of the molecule is CCc1ccccc1NC(=O)c1nnn(CC(=O)Nc2ccc(OC)c(Cl)c2)c1N. The van der Waals surface area contributed by atoms with E-state index in [0.717, 1.165) is 16.7 Å². The van der Waals surface area contributed by atoms with E-state index in [1.165, 1.54) is 7.11 Å². The Balaban J connectivity index is 1.68. The summed E-state index contributed by atoms with van der Waals surface area (Å²) in [6.07, 6.45) is 0.758. The Labute approximate surface area is 178 Å². The van der Waals surface area contributed by atoms with Gasteiger partial charge >= 0.3 is 0 Å². The number of aryl methyl sites for hydroxylation is 1. The average molecular weight is 429 g/mol. The molecule has 0 aliphatic heterocycles. The largest absolute Gasteiger partial charge is 0.495 e. The Hall–Kier alpha value is -3.59. The van der Waals surface area contributed by atoms with Gasteiger partial charge in [-0.15, -0.1) is 5.10 Å². The van der Waals surface area contributed by atoms with E-state index < -0.39 is 11.8 Å². The fraction of sp³-hybridized carbons (Fsp3) is 0.200. The summed E-state index contributed by atoms with van der Waals surface area (Å²) in [6, 6.07) is 12.3. The molecule has 4 N–H and O–H groups in total. The normalized spacial score (nSPS) is 10.5. The number of benzene rings is 2. The molecule has 9 nitrogen and oxygen atoms in total. The van der Waals surface area contributed by atoms with Crippen LogP contribution in [-0.2, 0) is 17.8 Å². The van der Waals surface area contributed by atoms with Crippen molar-refractivity contribution in [1.29, 1.82) is 0 Å². The molecule has 0 aliphatic carbocycles. The van der Waals surface area contributed by atoms with Crippen molar-refractivity contribution < 1.29 is 14.3 Å². The van der Waals surface area contributed by atoms with Crippen LogP contribution in [-0.4, -0.2) is 33.9 Å². The van der Waals surface area contributed by atoms with Crippen molar-refractivity contribution in [2.75, 3.05) is 23.5 Å². The number of nitrogens with two attached hydrogens (primary N) is 1. The van der Waals surface area contributed by atoms with E-state index in [2.05, 4.69) is 20.9 Å². The molecule has 0 fully saturated rings. The van der Waals surface area contributed by atoms with E-state index in [9.17, 15) is 9.59 Å². The van der Waals surface area contributed by atoms with Gasteiger partial charge in [0, 0.05) is 11.4 Å². The van der Waals surface area contributed by atoms with Crippen molar-refractivity contribution in [3.8, 4) is 5.75 Å². The summed E-state index contributed by atoms with van der Waals surface area (Å²) < 4.78 is 6.23. The molecule has 10 heteroatoms. The number of nitrogens with zero attached hydrogens (tertiary/aromatic N) is 3. The maximum Gasteiger partial charge on any atom is 0.280 e. The van der Waals surface area contributed by atoms with Crippen molar-refractivity contribution >= 4 is 40.6 Å². The van der Waals surface area contributed by atoms with Crippen LogP contribution < -0.4 is 21.1 Å². The fourth-order valence-corrected chi connectivity index (χ4v) is 3.07. The Morgan fingerprint density at radius 2 is 1.97 bits per heavy atom. The van der Waals surface area contributed by atoms with Gasteiger partial charge in [-0.25, -0.2) is 4.68 Å². The molecule has 0 spiro atoms. The third-order valence-electron chi connectivity index (χ3n) is 4.36. The number of methoxy groups -OCH3 is 1. The van der Waals surface area contributed by atoms with Crippen LogP contribution in [0.1, 0.15) is 23.0 Å². The van der Waals surface area contributed by atoms with Gasteiger partial charge in [-0.1, -0.05) is 41.9 Å². The highest BCUT2D eigenvalue weighted by atomic mass is 35.5. The number of nitrogen functional groups attached to an aromatic ring is 1. The number of amides is 2. The molecule has 3 rings (SSSR count). The van der Waals surface area contributed by atoms with E-state index in [1.54, 1.807) is 24.3 Å². The smallest absolute Gasteiger partial charge is 0.280 e. The number of ether oxygens (including phenoxy) is 1. The zero-order chi connectivity index (χ0) is 21.7. The Morgan fingerprint density at radius 1 is 1.20 bits per heavy atom. The van der Waals surface area contributed by atoms with E-state index in [1.807, 2.05) is 25.1 Å². The molecular formula is C20H21ClN6O3. The highest BCUT2D eigenvalue weighted by Gasteiger charge is 2.20. The molecule has 1 heterocycles. The first-order valence-corrected chi connectivity index (χ1v) is 9.52. The molecule has 3 aromatic rings. The molecule has 1 aromatic heterocycles. The zero-order valence-electron chi connectivity index (χ0n) is 16.5. The lowest BCUT2D eigenvalue weighted by atomic mass is 10.1. The number of halogens is 1. The lowest BCUT2D eigenvalue weighted by Gasteiger charge is -2.09. The minimum atomic E-state index is -0.498. The molecule has 0 bridgehead atoms. The average Bonchev–Trinajstić information content (AvgIpc) is 3.08. The number of anilines is 3. The zero-order valence-corrected chi connectivity index (χ0v) is 17.2. The van der Waals surface area contributed by atoms with Crippen LogP contribution in [0, 0.1) is 0 Å². The Kier molecular flexibility index (Phi) is 6.53. The standard InChI is InChI=1S/C20H21ClN6O3/c1-3-12-6-4-5-7-15(12)24-20(29)18-19(22)27(26-25-18)11-17(28)23-13-8-9-16(30-2)14(21)10-13/h4-10H,3,11,22H2,1-2H3,(H,23,28)(H,24,29). The maximum absolute atomic E-state index is 12.6. The highest BCUT2D eigenvalue weighted by Crippen LogP contribution is 2.27. The van der Waals surface area contributed by atoms with Crippen molar-refractivity contribution in [3.63, 3.8) is 0 Å². The number of para-hydroxylation sites is 1. The molecular weight excluding hydrogens is 408 g/mol. The van der Waals surface area contributed by atoms with Gasteiger partial charge in [-0.2, -0.15) is 0 Å². The molecule has 2 amide bonds. The van der Waals surface area contributed by atoms with Gasteiger partial charge in [0.15, 0.2) is 11.5 Å². The van der Waals surface area contributed by atoms with Crippen molar-refractivity contribution in [2.24, 2.45) is 0 Å². The molecule has 156 valence electrons. The van der Waals surface area contributed by atoms with Crippen LogP contribution in [0.15, 0.2) is 42.5 Å². The quantitative estimate of drug-likeness (QED) is 0.531. The predicted octanol–water partition coefficient (Wildman–Crippen LogP) is 2.98. The number of aromatic nitrogens is 3. The van der Waals surface area contributed by atoms with Crippen molar-refractivity contribution in [1.82, 2.24) is 15.0 Å². The van der Waals surface area contributed by atoms with Crippen LogP contribution in [0.3, 0.4) is 0 Å². The predicted molar refractivity (Wildman–Crippen MR) is 115 cm³/mol. The number of carbonyl (C=O) groups is 2. The van der Waals surface area contributed by atoms with Crippen LogP contribution in [0.4, 0.5) is 17.2 Å². The molecule has 0 aliphatic rings. The monoisotopic (exact) mass is 428 g/mol. The van der Waals surface area contributed by atoms with Gasteiger partial charge in [0.25, 0.3) is 5.91 Å². The van der Waals surface area contributed by atoms with Crippen LogP contribution in [0.2, 0.25) is 5.02 Å². The van der Waals surface area contributed by atoms with Gasteiger partial charge in [-0.3, -0.25) is 9.59 Å². The van der Waals surface area contributed by atoms with Gasteiger partial charge < -0.3 is 21.1 Å². The minimum absolute atomic E-state index is 0.00982. The lowest BCUT2D eigenvalue weighted by molar-refractivity contribution is -0.116. The second-order valence-electron chi connectivity index (χ2n) is 6.34. The summed E-state index contributed by atoms with van der Waals surface area (Å²) in [5.41, 5.74) is 8.08. The molecule has 0 radical (unpaired) electrons. The highest BCUT2D eigenvalue weighted by molar-refractivity contribution is 6.32. The third kappa shape index (κ3) is 4.69. The van der Waals surface area contributed by atoms with Crippen LogP contribution in [0.25, 0.3) is 0 Å². The van der Waals surface area contributed by atoms with Crippen LogP contribution >= 0.6 is 11.6 Å². The maximum atomic E-state index is 12.6. The number of hydrogen-bond donors (Lipinski definition) is 3. The first-order chi connectivity index (χ1) is 14.4. The van der Waals surface area contributed by atoms with Crippen molar-refractivity contribution in [3.05, 3.63) is 58.7 Å². The summed E-state index contributed by atoms with van der Waals surface area (Å²) in [7, 11) is 1.50. The van der Waals surface area contributed by atoms with Crippen LogP contribution in [0.5, 0.6) is 5.75 Å². The second kappa shape index (κ2) is 9.27. The Morgan fingerprint density at radius 3 is 2.67 bits per heavy atom. The second-order valence-corrected chi connectivity index (χ2v) is 6.75. The lowest BCUT2D eigenvalue weighted by Crippen LogP contribution is -2.21. The minimum Gasteiger partial charge on any atom is -0.495 e. The van der Waals surface area contributed by atoms with Gasteiger partial charge in [-0.05, 0) is 36.2 Å². The van der Waals surface area contributed by atoms with Gasteiger partial charge in [0.2, 0.25) is 5.91 Å². The number of rotatable bonds is 7. The van der Waals surface area contributed by atoms with Gasteiger partial charge in [0.1, 0.15) is 12.3 Å². The molecule has 30 heavy (non-hydrogen) atoms. The third-order valence-corrected chi connectivity index (χ3v) is 4.66. The summed E-state index contributed by atoms with van der Waals surface area (Å²) in [4.78, 5) is 24.9. The molecule has 0 saturated carbocycles. The Bertz CT molecular complexity index is 1080. The molecule has 0 saturated heterocycles. The number of nitrogens with one attached hydrogen (secondary N) is 2. The first-order valence-electron chi connectivity index (χ1n) is 9.14. The first kappa shape index (κ1) is 21.1. The summed E-state index contributed by atoms with van der Waals surface area (Å²) >= 11 is 6.06. The number of hydrogen-bond acceptors (Lipinski definition) is 6. The number of carbonyl (C=O) groups excluding carboxylic acids is 2. The van der Waals surface area contributed by atoms with Gasteiger partial charge in [0.05, 0.1) is 12.1 Å². The molecule has 2 aromatic carbocycles. The fourth-order valence-electron chi connectivity index (χ4n) is 2.81. The van der Waals surface area contributed by atoms with E-state index in [0.29, 0.717) is 22.1 Å². The van der Waals surface area contributed by atoms with E-state index >= 15 is 0 Å². The summed E-state index contributed by atoms with van der Waals surface area (Å²) in [6.45, 7) is 1.77. The van der Waals surface area contributed by atoms with E-state index in [4.69, 9.17) is 22.1 Å². The summed E-state index contributed by atoms with van der Waals surface area (Å²) in [5.74, 6) is -0.419. The summed E-state index contributed by atoms with van der Waals surface area (Å²) in [5, 5.41) is 13.5.